The molecule has 0 radical (unpaired) electrons. The van der Waals surface area contributed by atoms with Crippen LogP contribution >= 0.6 is 0 Å². The Bertz CT molecular complexity index is 851. The van der Waals surface area contributed by atoms with Crippen LogP contribution in [0, 0.1) is 5.92 Å². The third kappa shape index (κ3) is 3.57. The van der Waals surface area contributed by atoms with Crippen LogP contribution in [0.5, 0.6) is 5.75 Å². The fourth-order valence-corrected chi connectivity index (χ4v) is 4.33. The normalized spacial score (nSPS) is 18.1. The number of imide groups is 1. The molecule has 1 aliphatic carbocycles. The Balaban J connectivity index is 1.58. The molecule has 144 valence electrons. The molecule has 0 aromatic heterocycles. The van der Waals surface area contributed by atoms with Gasteiger partial charge >= 0.3 is 5.97 Å². The van der Waals surface area contributed by atoms with Crippen molar-refractivity contribution >= 4 is 17.8 Å². The van der Waals surface area contributed by atoms with E-state index in [1.165, 1.54) is 4.90 Å². The van der Waals surface area contributed by atoms with Crippen molar-refractivity contribution in [2.75, 3.05) is 0 Å². The van der Waals surface area contributed by atoms with E-state index in [1.807, 2.05) is 6.07 Å². The lowest BCUT2D eigenvalue weighted by atomic mass is 9.82. The third-order valence-corrected chi connectivity index (χ3v) is 5.70. The lowest BCUT2D eigenvalue weighted by Gasteiger charge is -2.35. The highest BCUT2D eigenvalue weighted by molar-refractivity contribution is 6.21. The smallest absolute Gasteiger partial charge is 0.313 e. The Kier molecular flexibility index (Phi) is 5.24. The number of hydrogen-bond acceptors (Lipinski definition) is 4. The van der Waals surface area contributed by atoms with E-state index in [1.54, 1.807) is 48.5 Å². The van der Waals surface area contributed by atoms with Crippen LogP contribution in [0.3, 0.4) is 0 Å². The molecule has 28 heavy (non-hydrogen) atoms. The molecular weight excluding hydrogens is 354 g/mol. The molecule has 1 unspecified atom stereocenters. The van der Waals surface area contributed by atoms with Gasteiger partial charge in [0.1, 0.15) is 5.75 Å². The summed E-state index contributed by atoms with van der Waals surface area (Å²) in [5, 5.41) is 0. The number of rotatable bonds is 5. The van der Waals surface area contributed by atoms with Crippen LogP contribution in [-0.4, -0.2) is 28.7 Å². The van der Waals surface area contributed by atoms with E-state index in [0.717, 1.165) is 32.1 Å². The van der Waals surface area contributed by atoms with Gasteiger partial charge in [-0.15, -0.1) is 0 Å². The fraction of sp³-hybridized carbons (Fsp3) is 0.348. The molecule has 5 nitrogen and oxygen atoms in total. The summed E-state index contributed by atoms with van der Waals surface area (Å²) < 4.78 is 5.45. The van der Waals surface area contributed by atoms with Crippen molar-refractivity contribution in [1.82, 2.24) is 4.90 Å². The lowest BCUT2D eigenvalue weighted by molar-refractivity contribution is -0.135. The maximum atomic E-state index is 13.0. The predicted molar refractivity (Wildman–Crippen MR) is 104 cm³/mol. The summed E-state index contributed by atoms with van der Waals surface area (Å²) in [6.07, 6.45) is 5.11. The highest BCUT2D eigenvalue weighted by Crippen LogP contribution is 2.35. The summed E-state index contributed by atoms with van der Waals surface area (Å²) in [7, 11) is 0. The zero-order valence-corrected chi connectivity index (χ0v) is 15.7. The standard InChI is InChI=1S/C23H23NO4/c25-21(28-17-11-5-2-6-12-17)15-20(16-9-3-1-4-10-16)24-22(26)18-13-7-8-14-19(18)23(24)27/h2,5-8,11-14,16,20H,1,3-4,9-10,15H2. The van der Waals surface area contributed by atoms with Gasteiger partial charge < -0.3 is 4.74 Å². The average molecular weight is 377 g/mol. The maximum Gasteiger partial charge on any atom is 0.313 e. The van der Waals surface area contributed by atoms with Crippen LogP contribution in [0.15, 0.2) is 54.6 Å². The minimum Gasteiger partial charge on any atom is -0.426 e. The Morgan fingerprint density at radius 3 is 2.07 bits per heavy atom. The zero-order valence-electron chi connectivity index (χ0n) is 15.7. The molecule has 2 aromatic rings. The average Bonchev–Trinajstić information content (AvgIpc) is 2.98. The number of fused-ring (bicyclic) bond motifs is 1. The van der Waals surface area contributed by atoms with Gasteiger partial charge in [-0.2, -0.15) is 0 Å². The monoisotopic (exact) mass is 377 g/mol. The molecular formula is C23H23NO4. The summed E-state index contributed by atoms with van der Waals surface area (Å²) in [5.74, 6) is -0.428. The SMILES string of the molecule is O=C(CC(C1CCCCC1)N1C(=O)c2ccccc2C1=O)Oc1ccccc1. The van der Waals surface area contributed by atoms with E-state index < -0.39 is 12.0 Å². The van der Waals surface area contributed by atoms with E-state index in [4.69, 9.17) is 4.74 Å². The summed E-state index contributed by atoms with van der Waals surface area (Å²) in [5.41, 5.74) is 0.842. The first kappa shape index (κ1) is 18.4. The van der Waals surface area contributed by atoms with Gasteiger partial charge in [0, 0.05) is 0 Å². The van der Waals surface area contributed by atoms with Crippen LogP contribution in [0.1, 0.15) is 59.2 Å². The number of carbonyl (C=O) groups excluding carboxylic acids is 3. The second-order valence-electron chi connectivity index (χ2n) is 7.48. The number of amides is 2. The molecule has 2 amide bonds. The van der Waals surface area contributed by atoms with Crippen molar-refractivity contribution < 1.29 is 19.1 Å². The molecule has 1 aliphatic heterocycles. The van der Waals surface area contributed by atoms with E-state index >= 15 is 0 Å². The van der Waals surface area contributed by atoms with Crippen LogP contribution in [0.4, 0.5) is 0 Å². The zero-order chi connectivity index (χ0) is 19.5. The molecule has 2 aliphatic rings. The van der Waals surface area contributed by atoms with E-state index in [2.05, 4.69) is 0 Å². The number of carbonyl (C=O) groups is 3. The highest BCUT2D eigenvalue weighted by Gasteiger charge is 2.43. The first-order valence-electron chi connectivity index (χ1n) is 9.88. The van der Waals surface area contributed by atoms with Crippen LogP contribution in [0.2, 0.25) is 0 Å². The first-order valence-corrected chi connectivity index (χ1v) is 9.88. The van der Waals surface area contributed by atoms with Gasteiger partial charge in [-0.25, -0.2) is 0 Å². The number of ether oxygens (including phenoxy) is 1. The van der Waals surface area contributed by atoms with Gasteiger partial charge in [0.2, 0.25) is 0 Å². The van der Waals surface area contributed by atoms with Crippen molar-refractivity contribution in [2.45, 2.75) is 44.6 Å². The highest BCUT2D eigenvalue weighted by atomic mass is 16.5. The summed E-state index contributed by atoms with van der Waals surface area (Å²) in [4.78, 5) is 39.9. The van der Waals surface area contributed by atoms with Gasteiger partial charge in [-0.05, 0) is 43.0 Å². The van der Waals surface area contributed by atoms with Crippen LogP contribution in [-0.2, 0) is 4.79 Å². The van der Waals surface area contributed by atoms with Crippen molar-refractivity contribution in [3.05, 3.63) is 65.7 Å². The molecule has 1 saturated carbocycles. The number of nitrogens with zero attached hydrogens (tertiary/aromatic N) is 1. The molecule has 1 atom stereocenters. The van der Waals surface area contributed by atoms with E-state index in [9.17, 15) is 14.4 Å². The predicted octanol–water partition coefficient (Wildman–Crippen LogP) is 4.23. The Morgan fingerprint density at radius 1 is 0.893 bits per heavy atom. The van der Waals surface area contributed by atoms with Crippen molar-refractivity contribution in [3.63, 3.8) is 0 Å². The Labute approximate surface area is 164 Å². The largest absolute Gasteiger partial charge is 0.426 e. The van der Waals surface area contributed by atoms with Gasteiger partial charge in [0.05, 0.1) is 23.6 Å². The minimum absolute atomic E-state index is 0.0189. The number of hydrogen-bond donors (Lipinski definition) is 0. The molecule has 2 aromatic carbocycles. The van der Waals surface area contributed by atoms with Crippen molar-refractivity contribution in [2.24, 2.45) is 5.92 Å². The van der Waals surface area contributed by atoms with Crippen LogP contribution < -0.4 is 4.74 Å². The summed E-state index contributed by atoms with van der Waals surface area (Å²) in [6.45, 7) is 0. The fourth-order valence-electron chi connectivity index (χ4n) is 4.33. The number of para-hydroxylation sites is 1. The van der Waals surface area contributed by atoms with Gasteiger partial charge in [0.15, 0.2) is 0 Å². The molecule has 5 heteroatoms. The molecule has 0 saturated heterocycles. The van der Waals surface area contributed by atoms with E-state index in [0.29, 0.717) is 16.9 Å². The van der Waals surface area contributed by atoms with Gasteiger partial charge in [-0.3, -0.25) is 19.3 Å². The molecule has 4 rings (SSSR count). The Hall–Kier alpha value is -2.95. The second kappa shape index (κ2) is 7.97. The molecule has 0 bridgehead atoms. The number of benzene rings is 2. The van der Waals surface area contributed by atoms with Crippen LogP contribution in [0.25, 0.3) is 0 Å². The summed E-state index contributed by atoms with van der Waals surface area (Å²) >= 11 is 0. The van der Waals surface area contributed by atoms with E-state index in [-0.39, 0.29) is 24.2 Å². The Morgan fingerprint density at radius 2 is 1.46 bits per heavy atom. The molecule has 0 N–H and O–H groups in total. The van der Waals surface area contributed by atoms with Crippen molar-refractivity contribution in [1.29, 1.82) is 0 Å². The molecule has 1 fully saturated rings. The second-order valence-corrected chi connectivity index (χ2v) is 7.48. The van der Waals surface area contributed by atoms with Crippen molar-refractivity contribution in [3.8, 4) is 5.75 Å². The third-order valence-electron chi connectivity index (χ3n) is 5.70. The molecule has 1 heterocycles. The van der Waals surface area contributed by atoms with Gasteiger partial charge in [-0.1, -0.05) is 49.6 Å². The minimum atomic E-state index is -0.469. The summed E-state index contributed by atoms with van der Waals surface area (Å²) in [6, 6.07) is 15.3. The number of esters is 1. The first-order chi connectivity index (χ1) is 13.6. The molecule has 0 spiro atoms. The topological polar surface area (TPSA) is 63.7 Å². The maximum absolute atomic E-state index is 13.0. The quantitative estimate of drug-likeness (QED) is 0.444. The lowest BCUT2D eigenvalue weighted by Crippen LogP contribution is -2.46. The van der Waals surface area contributed by atoms with Gasteiger partial charge in [0.25, 0.3) is 11.8 Å².